The lowest BCUT2D eigenvalue weighted by Crippen LogP contribution is -2.36. The summed E-state index contributed by atoms with van der Waals surface area (Å²) < 4.78 is 0. The first-order valence-corrected chi connectivity index (χ1v) is 6.94. The summed E-state index contributed by atoms with van der Waals surface area (Å²) in [6.07, 6.45) is 2.59. The molecule has 2 N–H and O–H groups in total. The number of hydrogen-bond acceptors (Lipinski definition) is 2. The Morgan fingerprint density at radius 2 is 1.89 bits per heavy atom. The van der Waals surface area contributed by atoms with Crippen LogP contribution in [0.2, 0.25) is 0 Å². The van der Waals surface area contributed by atoms with E-state index in [0.717, 1.165) is 19.3 Å². The number of hydrogen-bond donors (Lipinski definition) is 2. The average molecular weight is 261 g/mol. The monoisotopic (exact) mass is 261 g/mol. The molecule has 0 amide bonds. The lowest BCUT2D eigenvalue weighted by molar-refractivity contribution is -0.139. The fraction of sp³-hybridized carbons (Fsp3) is 0.562. The van der Waals surface area contributed by atoms with Crippen molar-refractivity contribution in [2.45, 2.75) is 57.5 Å². The Kier molecular flexibility index (Phi) is 3.95. The van der Waals surface area contributed by atoms with Gasteiger partial charge in [-0.15, -0.1) is 0 Å². The molecule has 2 atom stereocenters. The maximum atomic E-state index is 10.9. The molecule has 1 aliphatic rings. The molecular weight excluding hydrogens is 238 g/mol. The molecule has 0 aliphatic carbocycles. The van der Waals surface area contributed by atoms with E-state index in [0.29, 0.717) is 6.04 Å². The van der Waals surface area contributed by atoms with Crippen molar-refractivity contribution < 1.29 is 9.90 Å². The lowest BCUT2D eigenvalue weighted by Gasteiger charge is -2.19. The number of rotatable bonds is 3. The average Bonchev–Trinajstić information content (AvgIpc) is 2.77. The second kappa shape index (κ2) is 5.33. The van der Waals surface area contributed by atoms with Crippen LogP contribution in [0.25, 0.3) is 0 Å². The standard InChI is InChI=1S/C16H23NO2/c1-16(2,3)12-6-4-11(5-7-12)10-13-8-9-14(17-13)15(18)19/h4-7,13-14,17H,8-10H2,1-3H3,(H,18,19). The van der Waals surface area contributed by atoms with E-state index in [1.54, 1.807) is 0 Å². The van der Waals surface area contributed by atoms with E-state index < -0.39 is 5.97 Å². The van der Waals surface area contributed by atoms with E-state index in [-0.39, 0.29) is 11.5 Å². The highest BCUT2D eigenvalue weighted by molar-refractivity contribution is 5.73. The molecule has 19 heavy (non-hydrogen) atoms. The maximum absolute atomic E-state index is 10.9. The molecule has 0 radical (unpaired) electrons. The smallest absolute Gasteiger partial charge is 0.320 e. The van der Waals surface area contributed by atoms with E-state index in [2.05, 4.69) is 50.4 Å². The summed E-state index contributed by atoms with van der Waals surface area (Å²) in [5, 5.41) is 12.1. The molecule has 0 aromatic heterocycles. The predicted octanol–water partition coefficient (Wildman–Crippen LogP) is 2.73. The summed E-state index contributed by atoms with van der Waals surface area (Å²) in [5.74, 6) is -0.731. The molecule has 1 heterocycles. The first-order chi connectivity index (χ1) is 8.86. The van der Waals surface area contributed by atoms with Gasteiger partial charge in [-0.05, 0) is 35.8 Å². The van der Waals surface area contributed by atoms with Gasteiger partial charge in [0.1, 0.15) is 6.04 Å². The van der Waals surface area contributed by atoms with Gasteiger partial charge < -0.3 is 10.4 Å². The number of aliphatic carboxylic acids is 1. The molecule has 1 saturated heterocycles. The van der Waals surface area contributed by atoms with Gasteiger partial charge in [0.15, 0.2) is 0 Å². The largest absolute Gasteiger partial charge is 0.480 e. The second-order valence-electron chi connectivity index (χ2n) is 6.48. The SMILES string of the molecule is CC(C)(C)c1ccc(CC2CCC(C(=O)O)N2)cc1. The summed E-state index contributed by atoms with van der Waals surface area (Å²) >= 11 is 0. The highest BCUT2D eigenvalue weighted by atomic mass is 16.4. The molecule has 0 bridgehead atoms. The summed E-state index contributed by atoms with van der Waals surface area (Å²) in [6.45, 7) is 6.62. The number of nitrogens with one attached hydrogen (secondary N) is 1. The maximum Gasteiger partial charge on any atom is 0.320 e. The van der Waals surface area contributed by atoms with Crippen LogP contribution in [-0.2, 0) is 16.6 Å². The van der Waals surface area contributed by atoms with Crippen molar-refractivity contribution in [2.75, 3.05) is 0 Å². The van der Waals surface area contributed by atoms with Crippen LogP contribution >= 0.6 is 0 Å². The first kappa shape index (κ1) is 14.1. The number of carboxylic acids is 1. The zero-order chi connectivity index (χ0) is 14.0. The van der Waals surface area contributed by atoms with Crippen LogP contribution in [0.4, 0.5) is 0 Å². The molecule has 1 fully saturated rings. The molecule has 0 spiro atoms. The first-order valence-electron chi connectivity index (χ1n) is 6.94. The third-order valence-electron chi connectivity index (χ3n) is 3.84. The van der Waals surface area contributed by atoms with Crippen LogP contribution in [0, 0.1) is 0 Å². The van der Waals surface area contributed by atoms with Crippen molar-refractivity contribution in [3.05, 3.63) is 35.4 Å². The third kappa shape index (κ3) is 3.57. The molecule has 3 nitrogen and oxygen atoms in total. The van der Waals surface area contributed by atoms with Crippen molar-refractivity contribution in [3.63, 3.8) is 0 Å². The van der Waals surface area contributed by atoms with Crippen LogP contribution in [-0.4, -0.2) is 23.2 Å². The number of benzene rings is 1. The Labute approximate surface area is 115 Å². The van der Waals surface area contributed by atoms with Gasteiger partial charge >= 0.3 is 5.97 Å². The highest BCUT2D eigenvalue weighted by Gasteiger charge is 2.28. The Morgan fingerprint density at radius 1 is 1.26 bits per heavy atom. The van der Waals surface area contributed by atoms with Crippen molar-refractivity contribution in [1.29, 1.82) is 0 Å². The van der Waals surface area contributed by atoms with Gasteiger partial charge in [-0.3, -0.25) is 4.79 Å². The molecule has 3 heteroatoms. The van der Waals surface area contributed by atoms with Crippen LogP contribution in [0.3, 0.4) is 0 Å². The molecule has 104 valence electrons. The minimum atomic E-state index is -0.731. The van der Waals surface area contributed by atoms with Gasteiger partial charge in [0.25, 0.3) is 0 Å². The predicted molar refractivity (Wildman–Crippen MR) is 76.4 cm³/mol. The van der Waals surface area contributed by atoms with Gasteiger partial charge in [0, 0.05) is 6.04 Å². The molecule has 1 aliphatic heterocycles. The van der Waals surface area contributed by atoms with Gasteiger partial charge in [-0.25, -0.2) is 0 Å². The molecule has 0 saturated carbocycles. The van der Waals surface area contributed by atoms with Crippen LogP contribution < -0.4 is 5.32 Å². The Bertz CT molecular complexity index is 445. The normalized spacial score (nSPS) is 23.5. The number of carboxylic acid groups (broad SMARTS) is 1. The summed E-state index contributed by atoms with van der Waals surface area (Å²) in [4.78, 5) is 10.9. The number of carbonyl (C=O) groups is 1. The van der Waals surface area contributed by atoms with Crippen molar-refractivity contribution in [2.24, 2.45) is 0 Å². The summed E-state index contributed by atoms with van der Waals surface area (Å²) in [5.41, 5.74) is 2.79. The van der Waals surface area contributed by atoms with Crippen LogP contribution in [0.5, 0.6) is 0 Å². The second-order valence-corrected chi connectivity index (χ2v) is 6.48. The quantitative estimate of drug-likeness (QED) is 0.879. The van der Waals surface area contributed by atoms with E-state index in [1.807, 2.05) is 0 Å². The van der Waals surface area contributed by atoms with Gasteiger partial charge in [0.2, 0.25) is 0 Å². The zero-order valence-corrected chi connectivity index (χ0v) is 11.9. The fourth-order valence-electron chi connectivity index (χ4n) is 2.60. The zero-order valence-electron chi connectivity index (χ0n) is 11.9. The topological polar surface area (TPSA) is 49.3 Å². The van der Waals surface area contributed by atoms with E-state index in [9.17, 15) is 4.79 Å². The Hall–Kier alpha value is -1.35. The van der Waals surface area contributed by atoms with Crippen molar-refractivity contribution >= 4 is 5.97 Å². The lowest BCUT2D eigenvalue weighted by atomic mass is 9.86. The highest BCUT2D eigenvalue weighted by Crippen LogP contribution is 2.23. The third-order valence-corrected chi connectivity index (χ3v) is 3.84. The minimum absolute atomic E-state index is 0.179. The summed E-state index contributed by atoms with van der Waals surface area (Å²) in [7, 11) is 0. The van der Waals surface area contributed by atoms with Gasteiger partial charge in [0.05, 0.1) is 0 Å². The molecular formula is C16H23NO2. The Balaban J connectivity index is 1.96. The molecule has 2 rings (SSSR count). The molecule has 2 unspecified atom stereocenters. The van der Waals surface area contributed by atoms with E-state index in [1.165, 1.54) is 11.1 Å². The minimum Gasteiger partial charge on any atom is -0.480 e. The molecule has 1 aromatic rings. The van der Waals surface area contributed by atoms with E-state index in [4.69, 9.17) is 5.11 Å². The van der Waals surface area contributed by atoms with Gasteiger partial charge in [-0.2, -0.15) is 0 Å². The van der Waals surface area contributed by atoms with Crippen molar-refractivity contribution in [3.8, 4) is 0 Å². The summed E-state index contributed by atoms with van der Waals surface area (Å²) in [6, 6.07) is 8.62. The van der Waals surface area contributed by atoms with Crippen LogP contribution in [0.1, 0.15) is 44.7 Å². The van der Waals surface area contributed by atoms with Crippen LogP contribution in [0.15, 0.2) is 24.3 Å². The van der Waals surface area contributed by atoms with Crippen molar-refractivity contribution in [1.82, 2.24) is 5.32 Å². The van der Waals surface area contributed by atoms with E-state index >= 15 is 0 Å². The fourth-order valence-corrected chi connectivity index (χ4v) is 2.60. The molecule has 1 aromatic carbocycles. The Morgan fingerprint density at radius 3 is 2.37 bits per heavy atom. The van der Waals surface area contributed by atoms with Gasteiger partial charge in [-0.1, -0.05) is 45.0 Å².